The quantitative estimate of drug-likeness (QED) is 0.912. The van der Waals surface area contributed by atoms with E-state index in [4.69, 9.17) is 18.9 Å². The van der Waals surface area contributed by atoms with Crippen LogP contribution in [0.2, 0.25) is 0 Å². The first-order valence-corrected chi connectivity index (χ1v) is 8.15. The molecule has 1 aromatic carbocycles. The average molecular weight is 342 g/mol. The molecule has 1 saturated heterocycles. The molecule has 3 heterocycles. The third-order valence-corrected chi connectivity index (χ3v) is 4.15. The van der Waals surface area contributed by atoms with Crippen LogP contribution in [0.4, 0.5) is 0 Å². The highest BCUT2D eigenvalue weighted by molar-refractivity contribution is 5.95. The maximum absolute atomic E-state index is 12.6. The second-order valence-electron chi connectivity index (χ2n) is 5.84. The van der Waals surface area contributed by atoms with Crippen LogP contribution in [-0.2, 0) is 4.74 Å². The van der Waals surface area contributed by atoms with Gasteiger partial charge in [0.1, 0.15) is 6.10 Å². The fourth-order valence-electron chi connectivity index (χ4n) is 2.86. The van der Waals surface area contributed by atoms with Crippen molar-refractivity contribution < 1.29 is 23.7 Å². The smallest absolute Gasteiger partial charge is 0.251 e. The minimum Gasteiger partial charge on any atom is -0.472 e. The van der Waals surface area contributed by atoms with Crippen LogP contribution in [0.15, 0.2) is 42.6 Å². The maximum atomic E-state index is 12.6. The van der Waals surface area contributed by atoms with Gasteiger partial charge in [0.2, 0.25) is 12.7 Å². The van der Waals surface area contributed by atoms with Crippen molar-refractivity contribution in [3.63, 3.8) is 0 Å². The van der Waals surface area contributed by atoms with Gasteiger partial charge in [0.25, 0.3) is 5.91 Å². The van der Waals surface area contributed by atoms with Gasteiger partial charge in [0, 0.05) is 24.2 Å². The van der Waals surface area contributed by atoms with Gasteiger partial charge in [0.15, 0.2) is 11.5 Å². The number of aromatic nitrogens is 1. The number of nitrogens with zero attached hydrogens (tertiary/aromatic N) is 1. The van der Waals surface area contributed by atoms with Crippen molar-refractivity contribution >= 4 is 5.91 Å². The highest BCUT2D eigenvalue weighted by atomic mass is 16.7. The summed E-state index contributed by atoms with van der Waals surface area (Å²) in [7, 11) is 0. The van der Waals surface area contributed by atoms with Crippen molar-refractivity contribution in [1.29, 1.82) is 0 Å². The minimum absolute atomic E-state index is 0.177. The number of hydrogen-bond acceptors (Lipinski definition) is 6. The lowest BCUT2D eigenvalue weighted by molar-refractivity contribution is -0.00448. The van der Waals surface area contributed by atoms with Crippen LogP contribution >= 0.6 is 0 Å². The molecule has 2 aromatic rings. The standard InChI is InChI=1S/C18H18N2O5/c21-18(12-4-5-15-16(9-12)24-11-23-15)20-13-10-22-8-6-14(13)25-17-3-1-2-7-19-17/h1-5,7,9,13-14H,6,8,10-11H2,(H,20,21)/t13-,14-/m1/s1. The molecule has 4 rings (SSSR count). The number of nitrogens with one attached hydrogen (secondary N) is 1. The average Bonchev–Trinajstić information content (AvgIpc) is 3.12. The zero-order valence-electron chi connectivity index (χ0n) is 13.5. The molecule has 0 saturated carbocycles. The van der Waals surface area contributed by atoms with Crippen molar-refractivity contribution in [2.24, 2.45) is 0 Å². The summed E-state index contributed by atoms with van der Waals surface area (Å²) in [6.07, 6.45) is 2.17. The van der Waals surface area contributed by atoms with E-state index in [0.717, 1.165) is 0 Å². The zero-order chi connectivity index (χ0) is 17.1. The molecule has 130 valence electrons. The third kappa shape index (κ3) is 3.51. The molecule has 1 amide bonds. The van der Waals surface area contributed by atoms with Crippen molar-refractivity contribution in [3.8, 4) is 17.4 Å². The number of carbonyl (C=O) groups is 1. The van der Waals surface area contributed by atoms with E-state index in [0.29, 0.717) is 42.6 Å². The second-order valence-corrected chi connectivity index (χ2v) is 5.84. The topological polar surface area (TPSA) is 78.9 Å². The number of hydrogen-bond donors (Lipinski definition) is 1. The summed E-state index contributed by atoms with van der Waals surface area (Å²) in [5.74, 6) is 1.56. The first-order valence-electron chi connectivity index (χ1n) is 8.15. The Kier molecular flexibility index (Phi) is 4.39. The first kappa shape index (κ1) is 15.7. The van der Waals surface area contributed by atoms with Crippen molar-refractivity contribution in [3.05, 3.63) is 48.2 Å². The second kappa shape index (κ2) is 6.98. The molecule has 2 aliphatic heterocycles. The SMILES string of the molecule is O=C(N[C@@H]1COCC[C@H]1Oc1ccccn1)c1ccc2c(c1)OCO2. The van der Waals surface area contributed by atoms with Crippen LogP contribution < -0.4 is 19.5 Å². The van der Waals surface area contributed by atoms with Crippen LogP contribution in [0.1, 0.15) is 16.8 Å². The normalized spacial score (nSPS) is 21.6. The van der Waals surface area contributed by atoms with E-state index in [-0.39, 0.29) is 24.8 Å². The number of ether oxygens (including phenoxy) is 4. The molecule has 1 aromatic heterocycles. The summed E-state index contributed by atoms with van der Waals surface area (Å²) in [4.78, 5) is 16.8. The number of fused-ring (bicyclic) bond motifs is 1. The largest absolute Gasteiger partial charge is 0.472 e. The van der Waals surface area contributed by atoms with Crippen LogP contribution in [-0.4, -0.2) is 43.0 Å². The molecule has 7 heteroatoms. The molecule has 0 spiro atoms. The van der Waals surface area contributed by atoms with Gasteiger partial charge >= 0.3 is 0 Å². The highest BCUT2D eigenvalue weighted by Gasteiger charge is 2.30. The number of pyridine rings is 1. The van der Waals surface area contributed by atoms with Crippen molar-refractivity contribution in [1.82, 2.24) is 10.3 Å². The lowest BCUT2D eigenvalue weighted by atomic mass is 10.1. The van der Waals surface area contributed by atoms with Gasteiger partial charge in [-0.05, 0) is 24.3 Å². The Balaban J connectivity index is 1.45. The summed E-state index contributed by atoms with van der Waals surface area (Å²) < 4.78 is 22.0. The molecular formula is C18H18N2O5. The monoisotopic (exact) mass is 342 g/mol. The van der Waals surface area contributed by atoms with Gasteiger partial charge in [-0.2, -0.15) is 0 Å². The lowest BCUT2D eigenvalue weighted by Gasteiger charge is -2.32. The van der Waals surface area contributed by atoms with E-state index >= 15 is 0 Å². The Morgan fingerprint density at radius 2 is 2.12 bits per heavy atom. The Labute approximate surface area is 144 Å². The predicted octanol–water partition coefficient (Wildman–Crippen LogP) is 1.78. The third-order valence-electron chi connectivity index (χ3n) is 4.15. The Morgan fingerprint density at radius 1 is 1.20 bits per heavy atom. The van der Waals surface area contributed by atoms with Crippen molar-refractivity contribution in [2.75, 3.05) is 20.0 Å². The Morgan fingerprint density at radius 3 is 3.00 bits per heavy atom. The molecule has 1 fully saturated rings. The summed E-state index contributed by atoms with van der Waals surface area (Å²) in [6.45, 7) is 1.17. The van der Waals surface area contributed by atoms with Gasteiger partial charge in [-0.1, -0.05) is 6.07 Å². The molecule has 25 heavy (non-hydrogen) atoms. The molecule has 7 nitrogen and oxygen atoms in total. The molecule has 0 unspecified atom stereocenters. The molecule has 1 N–H and O–H groups in total. The summed E-state index contributed by atoms with van der Waals surface area (Å²) in [5, 5.41) is 2.98. The molecule has 0 aliphatic carbocycles. The van der Waals surface area contributed by atoms with Crippen LogP contribution in [0.25, 0.3) is 0 Å². The van der Waals surface area contributed by atoms with Gasteiger partial charge in [-0.3, -0.25) is 4.79 Å². The number of benzene rings is 1. The van der Waals surface area contributed by atoms with E-state index in [1.54, 1.807) is 30.5 Å². The van der Waals surface area contributed by atoms with E-state index in [9.17, 15) is 4.79 Å². The maximum Gasteiger partial charge on any atom is 0.251 e. The van der Waals surface area contributed by atoms with E-state index in [1.807, 2.05) is 12.1 Å². The van der Waals surface area contributed by atoms with Crippen molar-refractivity contribution in [2.45, 2.75) is 18.6 Å². The van der Waals surface area contributed by atoms with E-state index in [2.05, 4.69) is 10.3 Å². The Bertz CT molecular complexity index is 752. The van der Waals surface area contributed by atoms with Gasteiger partial charge in [0.05, 0.1) is 19.3 Å². The number of rotatable bonds is 4. The molecule has 2 aliphatic rings. The van der Waals surface area contributed by atoms with Crippen LogP contribution in [0.5, 0.6) is 17.4 Å². The van der Waals surface area contributed by atoms with E-state index in [1.165, 1.54) is 0 Å². The molecular weight excluding hydrogens is 324 g/mol. The fraction of sp³-hybridized carbons (Fsp3) is 0.333. The Hall–Kier alpha value is -2.80. The number of carbonyl (C=O) groups excluding carboxylic acids is 1. The summed E-state index contributed by atoms with van der Waals surface area (Å²) in [6, 6.07) is 10.4. The van der Waals surface area contributed by atoms with E-state index < -0.39 is 0 Å². The molecule has 2 atom stereocenters. The first-order chi connectivity index (χ1) is 12.3. The zero-order valence-corrected chi connectivity index (χ0v) is 13.5. The summed E-state index contributed by atoms with van der Waals surface area (Å²) in [5.41, 5.74) is 0.506. The molecule has 0 bridgehead atoms. The van der Waals surface area contributed by atoms with Gasteiger partial charge < -0.3 is 24.3 Å². The highest BCUT2D eigenvalue weighted by Crippen LogP contribution is 2.32. The van der Waals surface area contributed by atoms with Gasteiger partial charge in [-0.15, -0.1) is 0 Å². The number of amides is 1. The van der Waals surface area contributed by atoms with Gasteiger partial charge in [-0.25, -0.2) is 4.98 Å². The fourth-order valence-corrected chi connectivity index (χ4v) is 2.86. The summed E-state index contributed by atoms with van der Waals surface area (Å²) >= 11 is 0. The minimum atomic E-state index is -0.256. The predicted molar refractivity (Wildman–Crippen MR) is 87.9 cm³/mol. The van der Waals surface area contributed by atoms with Crippen LogP contribution in [0, 0.1) is 0 Å². The lowest BCUT2D eigenvalue weighted by Crippen LogP contribution is -2.51. The van der Waals surface area contributed by atoms with Crippen LogP contribution in [0.3, 0.4) is 0 Å². The molecule has 0 radical (unpaired) electrons.